The Kier molecular flexibility index (Phi) is 10.3. The number of aliphatic imine (C=N–C) groups is 1. The van der Waals surface area contributed by atoms with Crippen LogP contribution in [0.5, 0.6) is 5.75 Å². The van der Waals surface area contributed by atoms with Crippen LogP contribution in [0.3, 0.4) is 0 Å². The van der Waals surface area contributed by atoms with Crippen LogP contribution in [0.2, 0.25) is 0 Å². The summed E-state index contributed by atoms with van der Waals surface area (Å²) in [5, 5.41) is 2.52. The Bertz CT molecular complexity index is 1220. The number of hydrogen-bond acceptors (Lipinski definition) is 8. The minimum Gasteiger partial charge on any atom is -0.487 e. The van der Waals surface area contributed by atoms with Crippen molar-refractivity contribution in [2.75, 3.05) is 13.7 Å². The van der Waals surface area contributed by atoms with Crippen LogP contribution in [0.4, 0.5) is 4.79 Å². The maximum absolute atomic E-state index is 13.3. The van der Waals surface area contributed by atoms with Gasteiger partial charge >= 0.3 is 12.1 Å². The van der Waals surface area contributed by atoms with Crippen molar-refractivity contribution >= 4 is 28.0 Å². The zero-order chi connectivity index (χ0) is 29.8. The van der Waals surface area contributed by atoms with Crippen LogP contribution in [0, 0.1) is 20.8 Å². The largest absolute Gasteiger partial charge is 0.487 e. The van der Waals surface area contributed by atoms with E-state index in [4.69, 9.17) is 19.9 Å². The van der Waals surface area contributed by atoms with Gasteiger partial charge in [-0.05, 0) is 110 Å². The Morgan fingerprint density at radius 1 is 1.13 bits per heavy atom. The number of methoxy groups -OCH3 is 1. The number of nitrogens with two attached hydrogens (primary N) is 1. The van der Waals surface area contributed by atoms with Crippen LogP contribution in [0.1, 0.15) is 82.6 Å². The standard InChI is InChI=1S/C27H44N4O7S/c1-16-17(2)22(18(3)19-13-14-27(7,8)37-21(16)19)39(34,35)31-24(28)29-15-11-10-12-20(23(32)36-9)30-25(33)38-26(4,5)6/h20H,10-15H2,1-9H3,(H,30,33)(H3,28,29,31)/t20-/m0/s1. The van der Waals surface area contributed by atoms with Gasteiger partial charge in [0.15, 0.2) is 0 Å². The van der Waals surface area contributed by atoms with Crippen molar-refractivity contribution < 1.29 is 32.2 Å². The summed E-state index contributed by atoms with van der Waals surface area (Å²) in [6.45, 7) is 14.9. The number of rotatable bonds is 9. The fraction of sp³-hybridized carbons (Fsp3) is 0.667. The summed E-state index contributed by atoms with van der Waals surface area (Å²) < 4.78 is 45.2. The van der Waals surface area contributed by atoms with Crippen LogP contribution < -0.4 is 20.5 Å². The molecule has 0 fully saturated rings. The van der Waals surface area contributed by atoms with Crippen molar-refractivity contribution in [2.24, 2.45) is 10.7 Å². The van der Waals surface area contributed by atoms with E-state index < -0.39 is 33.7 Å². The number of ether oxygens (including phenoxy) is 3. The Balaban J connectivity index is 2.03. The lowest BCUT2D eigenvalue weighted by atomic mass is 9.88. The number of carbonyl (C=O) groups is 2. The molecule has 0 bridgehead atoms. The lowest BCUT2D eigenvalue weighted by Crippen LogP contribution is -2.44. The van der Waals surface area contributed by atoms with Gasteiger partial charge in [0.2, 0.25) is 5.96 Å². The summed E-state index contributed by atoms with van der Waals surface area (Å²) in [4.78, 5) is 28.4. The number of nitrogens with zero attached hydrogens (tertiary/aromatic N) is 1. The van der Waals surface area contributed by atoms with Crippen molar-refractivity contribution in [3.63, 3.8) is 0 Å². The number of alkyl carbamates (subject to hydrolysis) is 1. The van der Waals surface area contributed by atoms with Crippen LogP contribution in [-0.4, -0.2) is 57.3 Å². The molecule has 11 nitrogen and oxygen atoms in total. The van der Waals surface area contributed by atoms with E-state index in [9.17, 15) is 18.0 Å². The third-order valence-electron chi connectivity index (χ3n) is 6.53. The SMILES string of the molecule is COC(=O)[C@H](CCCCN=C(N)NS(=O)(=O)c1c(C)c(C)c2c(c1C)CCC(C)(C)O2)NC(=O)OC(C)(C)C. The first-order valence-electron chi connectivity index (χ1n) is 13.1. The summed E-state index contributed by atoms with van der Waals surface area (Å²) >= 11 is 0. The van der Waals surface area contributed by atoms with Crippen molar-refractivity contribution in [3.8, 4) is 5.75 Å². The predicted molar refractivity (Wildman–Crippen MR) is 150 cm³/mol. The molecule has 39 heavy (non-hydrogen) atoms. The topological polar surface area (TPSA) is 158 Å². The fourth-order valence-electron chi connectivity index (χ4n) is 4.47. The molecule has 1 aromatic rings. The number of amides is 1. The molecule has 0 aromatic heterocycles. The van der Waals surface area contributed by atoms with Crippen LogP contribution in [0.15, 0.2) is 9.89 Å². The molecule has 0 saturated carbocycles. The third-order valence-corrected chi connectivity index (χ3v) is 8.16. The molecule has 220 valence electrons. The highest BCUT2D eigenvalue weighted by Crippen LogP contribution is 2.42. The number of benzene rings is 1. The second kappa shape index (κ2) is 12.4. The van der Waals surface area contributed by atoms with Crippen molar-refractivity contribution in [1.82, 2.24) is 10.0 Å². The van der Waals surface area contributed by atoms with Gasteiger partial charge in [-0.3, -0.25) is 4.99 Å². The van der Waals surface area contributed by atoms with Gasteiger partial charge in [-0.15, -0.1) is 0 Å². The molecule has 4 N–H and O–H groups in total. The Labute approximate surface area is 232 Å². The van der Waals surface area contributed by atoms with E-state index >= 15 is 0 Å². The fourth-order valence-corrected chi connectivity index (χ4v) is 6.00. The van der Waals surface area contributed by atoms with Crippen molar-refractivity contribution in [1.29, 1.82) is 0 Å². The van der Waals surface area contributed by atoms with Crippen LogP contribution in [-0.2, 0) is 30.7 Å². The van der Waals surface area contributed by atoms with Crippen molar-refractivity contribution in [3.05, 3.63) is 22.3 Å². The highest BCUT2D eigenvalue weighted by Gasteiger charge is 2.33. The second-order valence-corrected chi connectivity index (χ2v) is 13.1. The van der Waals surface area contributed by atoms with E-state index in [0.29, 0.717) is 30.4 Å². The Morgan fingerprint density at radius 2 is 1.77 bits per heavy atom. The van der Waals surface area contributed by atoms with E-state index in [1.54, 1.807) is 34.6 Å². The van der Waals surface area contributed by atoms with E-state index in [0.717, 1.165) is 29.7 Å². The molecule has 0 aliphatic carbocycles. The molecule has 0 radical (unpaired) electrons. The van der Waals surface area contributed by atoms with Crippen LogP contribution in [0.25, 0.3) is 0 Å². The molecule has 1 amide bonds. The third kappa shape index (κ3) is 8.74. The van der Waals surface area contributed by atoms with Gasteiger partial charge in [0.1, 0.15) is 23.0 Å². The summed E-state index contributed by atoms with van der Waals surface area (Å²) in [7, 11) is -2.75. The van der Waals surface area contributed by atoms with Crippen LogP contribution >= 0.6 is 0 Å². The highest BCUT2D eigenvalue weighted by atomic mass is 32.2. The van der Waals surface area contributed by atoms with E-state index in [1.165, 1.54) is 7.11 Å². The predicted octanol–water partition coefficient (Wildman–Crippen LogP) is 3.55. The molecule has 0 spiro atoms. The maximum atomic E-state index is 13.3. The summed E-state index contributed by atoms with van der Waals surface area (Å²) in [5.41, 5.74) is 7.86. The van der Waals surface area contributed by atoms with Gasteiger partial charge in [0.05, 0.1) is 12.0 Å². The first-order valence-corrected chi connectivity index (χ1v) is 14.6. The molecule has 2 rings (SSSR count). The van der Waals surface area contributed by atoms with E-state index in [-0.39, 0.29) is 23.0 Å². The zero-order valence-corrected chi connectivity index (χ0v) is 25.4. The number of unbranched alkanes of at least 4 members (excludes halogenated alkanes) is 1. The van der Waals surface area contributed by atoms with Gasteiger partial charge in [0.25, 0.3) is 10.0 Å². The molecular weight excluding hydrogens is 524 g/mol. The Morgan fingerprint density at radius 3 is 2.36 bits per heavy atom. The minimum absolute atomic E-state index is 0.189. The highest BCUT2D eigenvalue weighted by molar-refractivity contribution is 7.90. The summed E-state index contributed by atoms with van der Waals surface area (Å²) in [6.07, 6.45) is 2.07. The quantitative estimate of drug-likeness (QED) is 0.177. The first-order chi connectivity index (χ1) is 17.9. The number of esters is 1. The molecule has 1 aliphatic rings. The lowest BCUT2D eigenvalue weighted by Gasteiger charge is -2.35. The number of hydrogen-bond donors (Lipinski definition) is 3. The van der Waals surface area contributed by atoms with E-state index in [2.05, 4.69) is 15.0 Å². The molecule has 1 atom stereocenters. The Hall–Kier alpha value is -3.02. The minimum atomic E-state index is -3.99. The molecule has 1 aromatic carbocycles. The smallest absolute Gasteiger partial charge is 0.408 e. The maximum Gasteiger partial charge on any atom is 0.408 e. The van der Waals surface area contributed by atoms with Gasteiger partial charge in [-0.1, -0.05) is 0 Å². The molecule has 0 unspecified atom stereocenters. The number of fused-ring (bicyclic) bond motifs is 1. The van der Waals surface area contributed by atoms with Gasteiger partial charge < -0.3 is 25.3 Å². The molecule has 1 aliphatic heterocycles. The number of carbonyl (C=O) groups excluding carboxylic acids is 2. The second-order valence-electron chi connectivity index (χ2n) is 11.5. The summed E-state index contributed by atoms with van der Waals surface area (Å²) in [6, 6.07) is -0.877. The molecule has 1 heterocycles. The van der Waals surface area contributed by atoms with Gasteiger partial charge in [-0.25, -0.2) is 22.7 Å². The normalized spacial score (nSPS) is 16.0. The number of guanidine groups is 1. The number of nitrogens with one attached hydrogen (secondary N) is 2. The average molecular weight is 569 g/mol. The van der Waals surface area contributed by atoms with Crippen molar-refractivity contribution in [2.45, 2.75) is 110 Å². The molecule has 0 saturated heterocycles. The molecule has 12 heteroatoms. The van der Waals surface area contributed by atoms with Gasteiger partial charge in [0, 0.05) is 6.54 Å². The molecular formula is C27H44N4O7S. The average Bonchev–Trinajstić information content (AvgIpc) is 2.78. The summed E-state index contributed by atoms with van der Waals surface area (Å²) in [5.74, 6) is -0.0529. The lowest BCUT2D eigenvalue weighted by molar-refractivity contribution is -0.143. The number of sulfonamides is 1. The van der Waals surface area contributed by atoms with Gasteiger partial charge in [-0.2, -0.15) is 0 Å². The first kappa shape index (κ1) is 32.2. The zero-order valence-electron chi connectivity index (χ0n) is 24.6. The van der Waals surface area contributed by atoms with E-state index in [1.807, 2.05) is 20.8 Å². The monoisotopic (exact) mass is 568 g/mol.